The van der Waals surface area contributed by atoms with Gasteiger partial charge in [-0.15, -0.1) is 0 Å². The summed E-state index contributed by atoms with van der Waals surface area (Å²) in [5.41, 5.74) is 0.986. The Morgan fingerprint density at radius 1 is 1.19 bits per heavy atom. The number of hydrogen-bond donors (Lipinski definition) is 0. The first-order valence-electron chi connectivity index (χ1n) is 4.73. The molecule has 0 amide bonds. The second kappa shape index (κ2) is 5.32. The van der Waals surface area contributed by atoms with Crippen LogP contribution in [0.4, 0.5) is 0 Å². The van der Waals surface area contributed by atoms with E-state index in [0.29, 0.717) is 11.8 Å². The van der Waals surface area contributed by atoms with E-state index in [4.69, 9.17) is 16.3 Å². The van der Waals surface area contributed by atoms with Gasteiger partial charge in [-0.2, -0.15) is 0 Å². The third kappa shape index (κ3) is 2.97. The van der Waals surface area contributed by atoms with Crippen LogP contribution in [0.15, 0.2) is 47.1 Å². The molecule has 4 heteroatoms. The van der Waals surface area contributed by atoms with E-state index in [-0.39, 0.29) is 0 Å². The molecule has 2 rings (SSSR count). The van der Waals surface area contributed by atoms with E-state index in [1.165, 1.54) is 0 Å². The number of ether oxygens (including phenoxy) is 1. The van der Waals surface area contributed by atoms with E-state index in [0.717, 1.165) is 15.8 Å². The lowest BCUT2D eigenvalue weighted by Gasteiger charge is -2.07. The average Bonchev–Trinajstić information content (AvgIpc) is 2.30. The Balaban J connectivity index is 2.02. The predicted octanol–water partition coefficient (Wildman–Crippen LogP) is 4.08. The summed E-state index contributed by atoms with van der Waals surface area (Å²) in [7, 11) is 0. The smallest absolute Gasteiger partial charge is 0.133 e. The highest BCUT2D eigenvalue weighted by Crippen LogP contribution is 2.24. The summed E-state index contributed by atoms with van der Waals surface area (Å²) >= 11 is 9.11. The maximum Gasteiger partial charge on any atom is 0.133 e. The summed E-state index contributed by atoms with van der Waals surface area (Å²) in [6.07, 6.45) is 1.71. The Morgan fingerprint density at radius 2 is 2.00 bits per heavy atom. The molecule has 2 nitrogen and oxygen atoms in total. The summed E-state index contributed by atoms with van der Waals surface area (Å²) in [6, 6.07) is 11.4. The zero-order valence-corrected chi connectivity index (χ0v) is 10.7. The molecule has 2 aromatic rings. The number of rotatable bonds is 3. The summed E-state index contributed by atoms with van der Waals surface area (Å²) in [5.74, 6) is 0.817. The first kappa shape index (κ1) is 11.4. The zero-order chi connectivity index (χ0) is 11.4. The highest BCUT2D eigenvalue weighted by molar-refractivity contribution is 9.10. The van der Waals surface area contributed by atoms with Crippen molar-refractivity contribution in [2.75, 3.05) is 0 Å². The van der Waals surface area contributed by atoms with Gasteiger partial charge in [0.15, 0.2) is 0 Å². The van der Waals surface area contributed by atoms with Crippen molar-refractivity contribution < 1.29 is 4.74 Å². The zero-order valence-electron chi connectivity index (χ0n) is 8.36. The van der Waals surface area contributed by atoms with Crippen LogP contribution in [0.3, 0.4) is 0 Å². The Kier molecular flexibility index (Phi) is 3.80. The van der Waals surface area contributed by atoms with Crippen molar-refractivity contribution in [2.24, 2.45) is 0 Å². The molecule has 82 valence electrons. The fraction of sp³-hybridized carbons (Fsp3) is 0.0833. The molecule has 1 heterocycles. The summed E-state index contributed by atoms with van der Waals surface area (Å²) < 4.78 is 6.57. The van der Waals surface area contributed by atoms with Crippen LogP contribution in [0.25, 0.3) is 0 Å². The van der Waals surface area contributed by atoms with Crippen LogP contribution in [0, 0.1) is 0 Å². The van der Waals surface area contributed by atoms with Crippen LogP contribution in [0.1, 0.15) is 5.56 Å². The second-order valence-corrected chi connectivity index (χ2v) is 4.45. The Hall–Kier alpha value is -1.06. The van der Waals surface area contributed by atoms with Crippen LogP contribution < -0.4 is 4.74 Å². The number of nitrogens with zero attached hydrogens (tertiary/aromatic N) is 1. The van der Waals surface area contributed by atoms with Crippen molar-refractivity contribution >= 4 is 27.5 Å². The van der Waals surface area contributed by atoms with Crippen molar-refractivity contribution in [3.8, 4) is 5.75 Å². The molecule has 16 heavy (non-hydrogen) atoms. The molecule has 0 radical (unpaired) electrons. The minimum atomic E-state index is 0.479. The van der Waals surface area contributed by atoms with E-state index < -0.39 is 0 Å². The molecule has 0 unspecified atom stereocenters. The highest BCUT2D eigenvalue weighted by atomic mass is 79.9. The van der Waals surface area contributed by atoms with E-state index in [2.05, 4.69) is 20.9 Å². The van der Waals surface area contributed by atoms with Gasteiger partial charge >= 0.3 is 0 Å². The molecule has 0 atom stereocenters. The second-order valence-electron chi connectivity index (χ2n) is 3.21. The highest BCUT2D eigenvalue weighted by Gasteiger charge is 2.00. The maximum atomic E-state index is 5.69. The quantitative estimate of drug-likeness (QED) is 0.797. The van der Waals surface area contributed by atoms with Gasteiger partial charge in [-0.1, -0.05) is 29.8 Å². The molecule has 0 N–H and O–H groups in total. The van der Waals surface area contributed by atoms with Crippen LogP contribution in [-0.4, -0.2) is 4.98 Å². The minimum Gasteiger partial charge on any atom is -0.488 e. The molecule has 0 bridgehead atoms. The predicted molar refractivity (Wildman–Crippen MR) is 67.7 cm³/mol. The molecule has 0 spiro atoms. The molecule has 0 aliphatic carbocycles. The van der Waals surface area contributed by atoms with E-state index in [1.54, 1.807) is 12.3 Å². The number of aromatic nitrogens is 1. The SMILES string of the molecule is Clc1ccc(COc2ccccc2Br)cn1. The molecule has 1 aromatic heterocycles. The molecule has 0 saturated heterocycles. The number of benzene rings is 1. The normalized spacial score (nSPS) is 10.1. The molecule has 1 aromatic carbocycles. The van der Waals surface area contributed by atoms with Crippen molar-refractivity contribution in [3.05, 3.63) is 57.8 Å². The molecule has 0 saturated carbocycles. The van der Waals surface area contributed by atoms with Gasteiger partial charge in [0.05, 0.1) is 4.47 Å². The Labute approximate surface area is 107 Å². The van der Waals surface area contributed by atoms with E-state index in [9.17, 15) is 0 Å². The van der Waals surface area contributed by atoms with Gasteiger partial charge in [-0.05, 0) is 34.1 Å². The van der Waals surface area contributed by atoms with Gasteiger partial charge in [0, 0.05) is 11.8 Å². The monoisotopic (exact) mass is 297 g/mol. The Morgan fingerprint density at radius 3 is 2.69 bits per heavy atom. The summed E-state index contributed by atoms with van der Waals surface area (Å²) in [6.45, 7) is 0.479. The van der Waals surface area contributed by atoms with Crippen molar-refractivity contribution in [2.45, 2.75) is 6.61 Å². The Bertz CT molecular complexity index is 473. The fourth-order valence-electron chi connectivity index (χ4n) is 1.21. The third-order valence-electron chi connectivity index (χ3n) is 2.02. The minimum absolute atomic E-state index is 0.479. The van der Waals surface area contributed by atoms with Gasteiger partial charge in [0.25, 0.3) is 0 Å². The van der Waals surface area contributed by atoms with Gasteiger partial charge in [-0.3, -0.25) is 0 Å². The van der Waals surface area contributed by atoms with Crippen molar-refractivity contribution in [3.63, 3.8) is 0 Å². The van der Waals surface area contributed by atoms with Crippen molar-refractivity contribution in [1.82, 2.24) is 4.98 Å². The van der Waals surface area contributed by atoms with Crippen LogP contribution >= 0.6 is 27.5 Å². The van der Waals surface area contributed by atoms with Crippen LogP contribution in [0.5, 0.6) is 5.75 Å². The van der Waals surface area contributed by atoms with Gasteiger partial charge in [-0.25, -0.2) is 4.98 Å². The van der Waals surface area contributed by atoms with Gasteiger partial charge in [0.2, 0.25) is 0 Å². The van der Waals surface area contributed by atoms with Crippen LogP contribution in [-0.2, 0) is 6.61 Å². The van der Waals surface area contributed by atoms with Crippen LogP contribution in [0.2, 0.25) is 5.15 Å². The average molecular weight is 299 g/mol. The molecule has 0 aliphatic heterocycles. The standard InChI is InChI=1S/C12H9BrClNO/c13-10-3-1-2-4-11(10)16-8-9-5-6-12(14)15-7-9/h1-7H,8H2. The largest absolute Gasteiger partial charge is 0.488 e. The topological polar surface area (TPSA) is 22.1 Å². The lowest BCUT2D eigenvalue weighted by molar-refractivity contribution is 0.304. The first-order valence-corrected chi connectivity index (χ1v) is 5.90. The number of pyridine rings is 1. The molecular weight excluding hydrogens is 289 g/mol. The lowest BCUT2D eigenvalue weighted by atomic mass is 10.3. The van der Waals surface area contributed by atoms with Gasteiger partial charge in [0.1, 0.15) is 17.5 Å². The van der Waals surface area contributed by atoms with E-state index >= 15 is 0 Å². The maximum absolute atomic E-state index is 5.69. The molecular formula is C12H9BrClNO. The number of para-hydroxylation sites is 1. The lowest BCUT2D eigenvalue weighted by Crippen LogP contribution is -1.96. The number of halogens is 2. The van der Waals surface area contributed by atoms with Crippen molar-refractivity contribution in [1.29, 1.82) is 0 Å². The summed E-state index contributed by atoms with van der Waals surface area (Å²) in [4.78, 5) is 3.99. The molecule has 0 aliphatic rings. The fourth-order valence-corrected chi connectivity index (χ4v) is 1.73. The summed E-state index contributed by atoms with van der Waals surface area (Å²) in [5, 5.41) is 0.490. The van der Waals surface area contributed by atoms with Gasteiger partial charge < -0.3 is 4.74 Å². The first-order chi connectivity index (χ1) is 7.75. The molecule has 0 fully saturated rings. The number of hydrogen-bond acceptors (Lipinski definition) is 2. The van der Waals surface area contributed by atoms with E-state index in [1.807, 2.05) is 30.3 Å². The third-order valence-corrected chi connectivity index (χ3v) is 2.90.